The average molecular weight is 257 g/mol. The number of rotatable bonds is 2. The zero-order chi connectivity index (χ0) is 12.5. The first-order chi connectivity index (χ1) is 7.29. The molecule has 0 radical (unpaired) electrons. The first kappa shape index (κ1) is 12.8. The maximum absolute atomic E-state index is 13.4. The molecule has 2 nitrogen and oxygen atoms in total. The summed E-state index contributed by atoms with van der Waals surface area (Å²) < 4.78 is 54.2. The molecule has 1 aromatic rings. The number of carbonyl (C=O) groups excluding carboxylic acids is 1. The van der Waals surface area contributed by atoms with Gasteiger partial charge in [-0.2, -0.15) is 13.2 Å². The van der Waals surface area contributed by atoms with Gasteiger partial charge in [0.05, 0.1) is 17.7 Å². The van der Waals surface area contributed by atoms with Crippen molar-refractivity contribution in [1.29, 1.82) is 0 Å². The van der Waals surface area contributed by atoms with Crippen molar-refractivity contribution in [2.75, 3.05) is 7.11 Å². The van der Waals surface area contributed by atoms with Gasteiger partial charge in [0.1, 0.15) is 0 Å². The largest absolute Gasteiger partial charge is 0.494 e. The van der Waals surface area contributed by atoms with Crippen LogP contribution in [0.4, 0.5) is 17.6 Å². The molecule has 0 unspecified atom stereocenters. The molecular weight excluding hydrogens is 252 g/mol. The van der Waals surface area contributed by atoms with Crippen LogP contribution in [0.25, 0.3) is 0 Å². The predicted molar refractivity (Wildman–Crippen MR) is 48.3 cm³/mol. The summed E-state index contributed by atoms with van der Waals surface area (Å²) in [5.41, 5.74) is -1.23. The summed E-state index contributed by atoms with van der Waals surface area (Å²) in [5, 5.41) is -0.611. The molecule has 1 aromatic carbocycles. The van der Waals surface area contributed by atoms with Gasteiger partial charge in [0.15, 0.2) is 11.6 Å². The highest BCUT2D eigenvalue weighted by Gasteiger charge is 2.42. The van der Waals surface area contributed by atoms with Gasteiger partial charge in [-0.3, -0.25) is 4.79 Å². The highest BCUT2D eigenvalue weighted by atomic mass is 35.5. The first-order valence-electron chi connectivity index (χ1n) is 3.92. The Kier molecular flexibility index (Phi) is 3.42. The van der Waals surface area contributed by atoms with Gasteiger partial charge < -0.3 is 4.74 Å². The summed E-state index contributed by atoms with van der Waals surface area (Å²) in [4.78, 5) is 10.9. The molecule has 0 aliphatic rings. The number of ketones is 1. The van der Waals surface area contributed by atoms with E-state index in [1.807, 2.05) is 0 Å². The molecule has 0 spiro atoms. The monoisotopic (exact) mass is 256 g/mol. The van der Waals surface area contributed by atoms with E-state index in [9.17, 15) is 22.4 Å². The van der Waals surface area contributed by atoms with E-state index < -0.39 is 34.1 Å². The Labute approximate surface area is 92.8 Å². The van der Waals surface area contributed by atoms with E-state index in [4.69, 9.17) is 11.6 Å². The third kappa shape index (κ3) is 2.27. The van der Waals surface area contributed by atoms with Crippen molar-refractivity contribution >= 4 is 17.4 Å². The van der Waals surface area contributed by atoms with Gasteiger partial charge in [-0.05, 0) is 12.1 Å². The van der Waals surface area contributed by atoms with Crippen molar-refractivity contribution in [3.05, 3.63) is 28.5 Å². The van der Waals surface area contributed by atoms with Crippen molar-refractivity contribution in [1.82, 2.24) is 0 Å². The first-order valence-corrected chi connectivity index (χ1v) is 4.30. The van der Waals surface area contributed by atoms with Crippen molar-refractivity contribution in [2.24, 2.45) is 0 Å². The summed E-state index contributed by atoms with van der Waals surface area (Å²) in [5.74, 6) is -4.23. The lowest BCUT2D eigenvalue weighted by atomic mass is 10.1. The van der Waals surface area contributed by atoms with Gasteiger partial charge in [-0.1, -0.05) is 11.6 Å². The molecule has 1 rings (SSSR count). The van der Waals surface area contributed by atoms with Crippen LogP contribution in [0, 0.1) is 5.82 Å². The van der Waals surface area contributed by atoms with Gasteiger partial charge in [-0.25, -0.2) is 4.39 Å². The van der Waals surface area contributed by atoms with Crippen molar-refractivity contribution in [3.63, 3.8) is 0 Å². The van der Waals surface area contributed by atoms with E-state index in [1.54, 1.807) is 0 Å². The Morgan fingerprint density at radius 2 is 1.94 bits per heavy atom. The van der Waals surface area contributed by atoms with Gasteiger partial charge in [0, 0.05) is 0 Å². The third-order valence-corrected chi connectivity index (χ3v) is 2.08. The van der Waals surface area contributed by atoms with Gasteiger partial charge in [-0.15, -0.1) is 0 Å². The molecule has 0 amide bonds. The fourth-order valence-corrected chi connectivity index (χ4v) is 1.27. The minimum atomic E-state index is -5.18. The van der Waals surface area contributed by atoms with Crippen molar-refractivity contribution in [3.8, 4) is 5.75 Å². The van der Waals surface area contributed by atoms with Crippen LogP contribution in [0.1, 0.15) is 10.4 Å². The lowest BCUT2D eigenvalue weighted by Gasteiger charge is -2.10. The molecular formula is C9H5ClF4O2. The van der Waals surface area contributed by atoms with Crippen LogP contribution in [0.15, 0.2) is 12.1 Å². The summed E-state index contributed by atoms with van der Waals surface area (Å²) in [7, 11) is 1.06. The van der Waals surface area contributed by atoms with Crippen LogP contribution in [-0.4, -0.2) is 19.1 Å². The zero-order valence-electron chi connectivity index (χ0n) is 7.86. The average Bonchev–Trinajstić information content (AvgIpc) is 2.16. The number of methoxy groups -OCH3 is 1. The standard InChI is InChI=1S/C9H5ClF4O2/c1-16-5-3-2-4(10)6(7(5)11)8(15)9(12,13)14/h2-3H,1H3. The van der Waals surface area contributed by atoms with Crippen LogP contribution in [0.2, 0.25) is 5.02 Å². The highest BCUT2D eigenvalue weighted by Crippen LogP contribution is 2.32. The number of Topliss-reactive ketones (excluding diaryl/α,β-unsaturated/α-hetero) is 1. The molecule has 0 atom stereocenters. The number of hydrogen-bond donors (Lipinski definition) is 0. The molecule has 0 N–H and O–H groups in total. The van der Waals surface area contributed by atoms with E-state index in [0.29, 0.717) is 0 Å². The van der Waals surface area contributed by atoms with E-state index in [1.165, 1.54) is 0 Å². The Bertz CT molecular complexity index is 428. The van der Waals surface area contributed by atoms with Gasteiger partial charge in [0.2, 0.25) is 0 Å². The van der Waals surface area contributed by atoms with E-state index in [2.05, 4.69) is 4.74 Å². The molecule has 16 heavy (non-hydrogen) atoms. The highest BCUT2D eigenvalue weighted by molar-refractivity contribution is 6.34. The van der Waals surface area contributed by atoms with Crippen molar-refractivity contribution < 1.29 is 27.1 Å². The molecule has 0 aromatic heterocycles. The SMILES string of the molecule is COc1ccc(Cl)c(C(=O)C(F)(F)F)c1F. The van der Waals surface area contributed by atoms with Crippen LogP contribution in [0.3, 0.4) is 0 Å². The summed E-state index contributed by atoms with van der Waals surface area (Å²) >= 11 is 5.34. The number of ether oxygens (including phenoxy) is 1. The molecule has 88 valence electrons. The van der Waals surface area contributed by atoms with E-state index in [0.717, 1.165) is 19.2 Å². The smallest absolute Gasteiger partial charge is 0.455 e. The van der Waals surface area contributed by atoms with Gasteiger partial charge in [0.25, 0.3) is 5.78 Å². The molecule has 0 fully saturated rings. The second-order valence-electron chi connectivity index (χ2n) is 2.77. The fraction of sp³-hybridized carbons (Fsp3) is 0.222. The lowest BCUT2D eigenvalue weighted by molar-refractivity contribution is -0.0887. The molecule has 0 saturated carbocycles. The molecule has 0 bridgehead atoms. The maximum Gasteiger partial charge on any atom is 0.455 e. The second kappa shape index (κ2) is 4.29. The maximum atomic E-state index is 13.4. The number of hydrogen-bond acceptors (Lipinski definition) is 2. The van der Waals surface area contributed by atoms with Crippen LogP contribution in [0.5, 0.6) is 5.75 Å². The fourth-order valence-electron chi connectivity index (χ4n) is 1.04. The Hall–Kier alpha value is -1.30. The number of alkyl halides is 3. The number of benzene rings is 1. The normalized spacial score (nSPS) is 11.4. The topological polar surface area (TPSA) is 26.3 Å². The van der Waals surface area contributed by atoms with E-state index >= 15 is 0 Å². The summed E-state index contributed by atoms with van der Waals surface area (Å²) in [6.45, 7) is 0. The molecule has 0 heterocycles. The number of halogens is 5. The lowest BCUT2D eigenvalue weighted by Crippen LogP contribution is -2.24. The minimum Gasteiger partial charge on any atom is -0.494 e. The molecule has 0 aliphatic carbocycles. The van der Waals surface area contributed by atoms with Crippen LogP contribution >= 0.6 is 11.6 Å². The Balaban J connectivity index is 3.38. The van der Waals surface area contributed by atoms with Gasteiger partial charge >= 0.3 is 6.18 Å². The number of carbonyl (C=O) groups is 1. The predicted octanol–water partition coefficient (Wildman–Crippen LogP) is 3.23. The van der Waals surface area contributed by atoms with Crippen LogP contribution < -0.4 is 4.74 Å². The van der Waals surface area contributed by atoms with E-state index in [-0.39, 0.29) is 0 Å². The molecule has 0 aliphatic heterocycles. The second-order valence-corrected chi connectivity index (χ2v) is 3.17. The quantitative estimate of drug-likeness (QED) is 0.600. The Morgan fingerprint density at radius 1 is 1.38 bits per heavy atom. The van der Waals surface area contributed by atoms with Crippen molar-refractivity contribution in [2.45, 2.75) is 6.18 Å². The molecule has 7 heteroatoms. The Morgan fingerprint density at radius 3 is 2.38 bits per heavy atom. The third-order valence-electron chi connectivity index (χ3n) is 1.76. The van der Waals surface area contributed by atoms with Crippen LogP contribution in [-0.2, 0) is 0 Å². The molecule has 0 saturated heterocycles. The zero-order valence-corrected chi connectivity index (χ0v) is 8.62. The summed E-state index contributed by atoms with van der Waals surface area (Å²) in [6, 6.07) is 1.99. The summed E-state index contributed by atoms with van der Waals surface area (Å²) in [6.07, 6.45) is -5.18. The minimum absolute atomic E-state index is 0.475.